The van der Waals surface area contributed by atoms with Crippen molar-refractivity contribution < 1.29 is 4.74 Å². The molecule has 1 aromatic carbocycles. The van der Waals surface area contributed by atoms with Crippen molar-refractivity contribution in [3.05, 3.63) is 35.9 Å². The van der Waals surface area contributed by atoms with Crippen molar-refractivity contribution >= 4 is 0 Å². The molecule has 0 amide bonds. The molecule has 0 bridgehead atoms. The zero-order valence-electron chi connectivity index (χ0n) is 11.3. The summed E-state index contributed by atoms with van der Waals surface area (Å²) in [6.07, 6.45) is 6.18. The van der Waals surface area contributed by atoms with E-state index in [1.807, 2.05) is 0 Å². The highest BCUT2D eigenvalue weighted by molar-refractivity contribution is 5.19. The van der Waals surface area contributed by atoms with Crippen molar-refractivity contribution in [1.29, 1.82) is 0 Å². The summed E-state index contributed by atoms with van der Waals surface area (Å²) in [6, 6.07) is 10.8. The van der Waals surface area contributed by atoms with E-state index in [0.29, 0.717) is 5.92 Å². The number of unbranched alkanes of at least 4 members (excludes halogenated alkanes) is 2. The van der Waals surface area contributed by atoms with Gasteiger partial charge in [0.05, 0.1) is 6.61 Å². The molecule has 0 radical (unpaired) electrons. The van der Waals surface area contributed by atoms with Gasteiger partial charge >= 0.3 is 0 Å². The molecule has 1 nitrogen and oxygen atoms in total. The Hall–Kier alpha value is -0.820. The second-order valence-electron chi connectivity index (χ2n) is 4.68. The molecule has 0 saturated heterocycles. The molecule has 96 valence electrons. The minimum Gasteiger partial charge on any atom is -0.381 e. The number of rotatable bonds is 9. The van der Waals surface area contributed by atoms with Crippen LogP contribution in [0.4, 0.5) is 0 Å². The van der Waals surface area contributed by atoms with E-state index in [9.17, 15) is 0 Å². The summed E-state index contributed by atoms with van der Waals surface area (Å²) >= 11 is 0. The fourth-order valence-electron chi connectivity index (χ4n) is 2.10. The van der Waals surface area contributed by atoms with Gasteiger partial charge in [0.2, 0.25) is 0 Å². The van der Waals surface area contributed by atoms with Gasteiger partial charge in [-0.3, -0.25) is 0 Å². The van der Waals surface area contributed by atoms with E-state index in [4.69, 9.17) is 4.74 Å². The smallest absolute Gasteiger partial charge is 0.0534 e. The van der Waals surface area contributed by atoms with Gasteiger partial charge in [0, 0.05) is 12.5 Å². The highest BCUT2D eigenvalue weighted by atomic mass is 16.5. The molecule has 0 aliphatic carbocycles. The zero-order chi connectivity index (χ0) is 12.3. The molecule has 0 heterocycles. The lowest BCUT2D eigenvalue weighted by molar-refractivity contribution is 0.114. The summed E-state index contributed by atoms with van der Waals surface area (Å²) in [7, 11) is 0. The van der Waals surface area contributed by atoms with Crippen LogP contribution in [-0.4, -0.2) is 13.2 Å². The quantitative estimate of drug-likeness (QED) is 0.559. The molecule has 1 aromatic rings. The summed E-state index contributed by atoms with van der Waals surface area (Å²) in [5.41, 5.74) is 1.42. The molecule has 0 aliphatic rings. The molecule has 1 unspecified atom stereocenters. The fourth-order valence-corrected chi connectivity index (χ4v) is 2.10. The van der Waals surface area contributed by atoms with Crippen LogP contribution in [0.15, 0.2) is 30.3 Å². The van der Waals surface area contributed by atoms with Gasteiger partial charge in [-0.2, -0.15) is 0 Å². The zero-order valence-corrected chi connectivity index (χ0v) is 11.3. The molecule has 1 rings (SSSR count). The monoisotopic (exact) mass is 234 g/mol. The van der Waals surface area contributed by atoms with E-state index in [0.717, 1.165) is 13.2 Å². The third kappa shape index (κ3) is 5.88. The van der Waals surface area contributed by atoms with Crippen LogP contribution in [0.5, 0.6) is 0 Å². The van der Waals surface area contributed by atoms with E-state index in [1.54, 1.807) is 0 Å². The van der Waals surface area contributed by atoms with Gasteiger partial charge in [-0.1, -0.05) is 63.4 Å². The molecular formula is C16H26O. The van der Waals surface area contributed by atoms with Gasteiger partial charge < -0.3 is 4.74 Å². The summed E-state index contributed by atoms with van der Waals surface area (Å²) in [4.78, 5) is 0. The maximum atomic E-state index is 5.80. The van der Waals surface area contributed by atoms with E-state index >= 15 is 0 Å². The van der Waals surface area contributed by atoms with Crippen LogP contribution in [0, 0.1) is 0 Å². The number of hydrogen-bond donors (Lipinski definition) is 0. The third-order valence-electron chi connectivity index (χ3n) is 3.12. The average molecular weight is 234 g/mol. The van der Waals surface area contributed by atoms with Crippen LogP contribution in [0.2, 0.25) is 0 Å². The minimum atomic E-state index is 0.572. The van der Waals surface area contributed by atoms with Crippen LogP contribution in [-0.2, 0) is 4.74 Å². The number of benzene rings is 1. The lowest BCUT2D eigenvalue weighted by atomic mass is 9.95. The van der Waals surface area contributed by atoms with Crippen LogP contribution < -0.4 is 0 Å². The van der Waals surface area contributed by atoms with Gasteiger partial charge in [-0.25, -0.2) is 0 Å². The minimum absolute atomic E-state index is 0.572. The first kappa shape index (κ1) is 14.2. The van der Waals surface area contributed by atoms with Crippen molar-refractivity contribution in [2.24, 2.45) is 0 Å². The summed E-state index contributed by atoms with van der Waals surface area (Å²) in [5.74, 6) is 0.572. The molecule has 0 spiro atoms. The van der Waals surface area contributed by atoms with Crippen LogP contribution >= 0.6 is 0 Å². The highest BCUT2D eigenvalue weighted by Gasteiger charge is 2.09. The van der Waals surface area contributed by atoms with Crippen molar-refractivity contribution in [3.63, 3.8) is 0 Å². The Morgan fingerprint density at radius 2 is 1.76 bits per heavy atom. The Bertz CT molecular complexity index is 268. The lowest BCUT2D eigenvalue weighted by Crippen LogP contribution is -2.08. The van der Waals surface area contributed by atoms with Gasteiger partial charge in [0.25, 0.3) is 0 Å². The SMILES string of the molecule is CCCCCOCC(CCC)c1ccccc1. The summed E-state index contributed by atoms with van der Waals surface area (Å²) < 4.78 is 5.80. The molecule has 1 atom stereocenters. The molecular weight excluding hydrogens is 208 g/mol. The van der Waals surface area contributed by atoms with Crippen molar-refractivity contribution in [2.45, 2.75) is 51.9 Å². The van der Waals surface area contributed by atoms with E-state index in [2.05, 4.69) is 44.2 Å². The maximum Gasteiger partial charge on any atom is 0.0534 e. The molecule has 0 aromatic heterocycles. The fraction of sp³-hybridized carbons (Fsp3) is 0.625. The lowest BCUT2D eigenvalue weighted by Gasteiger charge is -2.16. The normalized spacial score (nSPS) is 12.6. The van der Waals surface area contributed by atoms with Gasteiger partial charge in [0.1, 0.15) is 0 Å². The third-order valence-corrected chi connectivity index (χ3v) is 3.12. The first-order valence-electron chi connectivity index (χ1n) is 7.01. The Morgan fingerprint density at radius 3 is 2.41 bits per heavy atom. The van der Waals surface area contributed by atoms with Crippen LogP contribution in [0.3, 0.4) is 0 Å². The molecule has 0 fully saturated rings. The van der Waals surface area contributed by atoms with Gasteiger partial charge in [-0.15, -0.1) is 0 Å². The Balaban J connectivity index is 2.33. The first-order valence-corrected chi connectivity index (χ1v) is 7.01. The first-order chi connectivity index (χ1) is 8.38. The molecule has 0 saturated carbocycles. The number of ether oxygens (including phenoxy) is 1. The predicted octanol–water partition coefficient (Wildman–Crippen LogP) is 4.78. The standard InChI is InChI=1S/C16H26O/c1-3-5-9-13-17-14-16(10-4-2)15-11-7-6-8-12-15/h6-8,11-12,16H,3-5,9-10,13-14H2,1-2H3. The molecule has 0 N–H and O–H groups in total. The molecule has 17 heavy (non-hydrogen) atoms. The van der Waals surface area contributed by atoms with Crippen molar-refractivity contribution in [2.75, 3.05) is 13.2 Å². The van der Waals surface area contributed by atoms with Crippen LogP contribution in [0.1, 0.15) is 57.4 Å². The highest BCUT2D eigenvalue weighted by Crippen LogP contribution is 2.21. The van der Waals surface area contributed by atoms with Crippen molar-refractivity contribution in [3.8, 4) is 0 Å². The van der Waals surface area contributed by atoms with Gasteiger partial charge in [-0.05, 0) is 18.4 Å². The Labute approximate surface area is 106 Å². The molecule has 1 heteroatoms. The maximum absolute atomic E-state index is 5.80. The van der Waals surface area contributed by atoms with E-state index in [-0.39, 0.29) is 0 Å². The van der Waals surface area contributed by atoms with Crippen molar-refractivity contribution in [1.82, 2.24) is 0 Å². The Kier molecular flexibility index (Phi) is 7.74. The Morgan fingerprint density at radius 1 is 1.00 bits per heavy atom. The summed E-state index contributed by atoms with van der Waals surface area (Å²) in [6.45, 7) is 6.26. The number of hydrogen-bond acceptors (Lipinski definition) is 1. The second kappa shape index (κ2) is 9.23. The second-order valence-corrected chi connectivity index (χ2v) is 4.68. The van der Waals surface area contributed by atoms with E-state index < -0.39 is 0 Å². The summed E-state index contributed by atoms with van der Waals surface area (Å²) in [5, 5.41) is 0. The van der Waals surface area contributed by atoms with Crippen LogP contribution in [0.25, 0.3) is 0 Å². The predicted molar refractivity (Wildman–Crippen MR) is 74.4 cm³/mol. The van der Waals surface area contributed by atoms with Gasteiger partial charge in [0.15, 0.2) is 0 Å². The molecule has 0 aliphatic heterocycles. The average Bonchev–Trinajstić information content (AvgIpc) is 2.38. The van der Waals surface area contributed by atoms with E-state index in [1.165, 1.54) is 37.7 Å². The largest absolute Gasteiger partial charge is 0.381 e. The topological polar surface area (TPSA) is 9.23 Å².